The summed E-state index contributed by atoms with van der Waals surface area (Å²) in [5, 5.41) is -2.50. The molecule has 0 N–H and O–H groups in total. The van der Waals surface area contributed by atoms with Gasteiger partial charge in [-0.3, -0.25) is 0 Å². The molecule has 4 nitrogen and oxygen atoms in total. The van der Waals surface area contributed by atoms with Gasteiger partial charge in [0.1, 0.15) is 0 Å². The summed E-state index contributed by atoms with van der Waals surface area (Å²) in [6, 6.07) is 0. The Balaban J connectivity index is 4.07. The first-order valence-corrected chi connectivity index (χ1v) is 4.42. The molecule has 0 atom stereocenters. The van der Waals surface area contributed by atoms with Gasteiger partial charge in [0.15, 0.2) is 0 Å². The van der Waals surface area contributed by atoms with Crippen LogP contribution in [0.4, 0.5) is 0 Å². The molecule has 0 heterocycles. The van der Waals surface area contributed by atoms with Crippen LogP contribution in [0.2, 0.25) is 0 Å². The molecular weight excluding hydrogens is 286 g/mol. The Labute approximate surface area is 78.8 Å². The van der Waals surface area contributed by atoms with E-state index in [1.807, 2.05) is 0 Å². The molecular formula is C4Cl2O4Rh. The second-order valence-electron chi connectivity index (χ2n) is 1.14. The molecule has 0 aromatic rings. The van der Waals surface area contributed by atoms with E-state index in [4.69, 9.17) is 23.2 Å². The maximum atomic E-state index is 10.4. The summed E-state index contributed by atoms with van der Waals surface area (Å²) >= 11 is 7.93. The van der Waals surface area contributed by atoms with Crippen LogP contribution in [0.25, 0.3) is 0 Å². The van der Waals surface area contributed by atoms with Crippen molar-refractivity contribution in [3.05, 3.63) is 0 Å². The number of carbonyl (C=O) groups is 4. The molecule has 0 spiro atoms. The first-order chi connectivity index (χ1) is 4.95. The van der Waals surface area contributed by atoms with Gasteiger partial charge in [-0.25, -0.2) is 0 Å². The summed E-state index contributed by atoms with van der Waals surface area (Å²) in [5.41, 5.74) is 0. The second-order valence-corrected chi connectivity index (χ2v) is 3.72. The van der Waals surface area contributed by atoms with Gasteiger partial charge in [-0.05, 0) is 0 Å². The van der Waals surface area contributed by atoms with Gasteiger partial charge in [0, 0.05) is 0 Å². The van der Waals surface area contributed by atoms with Crippen LogP contribution in [-0.2, 0) is 36.3 Å². The van der Waals surface area contributed by atoms with Crippen LogP contribution in [0, 0.1) is 0 Å². The van der Waals surface area contributed by atoms with E-state index in [0.717, 1.165) is 0 Å². The maximum absolute atomic E-state index is 10.4. The molecule has 0 fully saturated rings. The van der Waals surface area contributed by atoms with Gasteiger partial charge in [-0.1, -0.05) is 0 Å². The topological polar surface area (TPSA) is 68.3 Å². The molecule has 0 saturated heterocycles. The number of hydrogen-bond acceptors (Lipinski definition) is 4. The zero-order valence-corrected chi connectivity index (χ0v) is 7.87. The predicted octanol–water partition coefficient (Wildman–Crippen LogP) is -0.347. The SMILES string of the molecule is O=C(Cl)[C](=O)[Rh][C](=O)C(=O)Cl. The van der Waals surface area contributed by atoms with Crippen molar-refractivity contribution < 1.29 is 36.3 Å². The molecule has 0 radical (unpaired) electrons. The van der Waals surface area contributed by atoms with Crippen LogP contribution in [0.5, 0.6) is 0 Å². The summed E-state index contributed by atoms with van der Waals surface area (Å²) in [7, 11) is 0. The van der Waals surface area contributed by atoms with Crippen LogP contribution in [0.3, 0.4) is 0 Å². The zero-order valence-electron chi connectivity index (χ0n) is 4.72. The fourth-order valence-corrected chi connectivity index (χ4v) is 1.17. The average Bonchev–Trinajstić information content (AvgIpc) is 1.87. The van der Waals surface area contributed by atoms with E-state index in [9.17, 15) is 19.2 Å². The van der Waals surface area contributed by atoms with E-state index in [2.05, 4.69) is 0 Å². The summed E-state index contributed by atoms with van der Waals surface area (Å²) in [4.78, 5) is 40.8. The van der Waals surface area contributed by atoms with E-state index in [1.165, 1.54) is 0 Å². The Bertz CT molecular complexity index is 212. The normalized spacial score (nSPS) is 9.27. The number of rotatable bonds is 4. The Morgan fingerprint density at radius 1 is 0.818 bits per heavy atom. The molecule has 0 bridgehead atoms. The Kier molecular flexibility index (Phi) is 4.65. The predicted molar refractivity (Wildman–Crippen MR) is 31.7 cm³/mol. The van der Waals surface area contributed by atoms with Gasteiger partial charge in [-0.15, -0.1) is 0 Å². The first-order valence-electron chi connectivity index (χ1n) is 2.03. The fourth-order valence-electron chi connectivity index (χ4n) is 0.134. The van der Waals surface area contributed by atoms with Crippen molar-refractivity contribution in [2.45, 2.75) is 0 Å². The molecule has 7 heteroatoms. The molecule has 0 aliphatic carbocycles. The molecule has 0 rings (SSSR count). The third-order valence-electron chi connectivity index (χ3n) is 0.443. The molecule has 0 saturated carbocycles. The fraction of sp³-hybridized carbons (Fsp3) is 0. The summed E-state index contributed by atoms with van der Waals surface area (Å²) in [5.74, 6) is 0. The third-order valence-corrected chi connectivity index (χ3v) is 2.73. The van der Waals surface area contributed by atoms with Crippen molar-refractivity contribution >= 4 is 42.4 Å². The first kappa shape index (κ1) is 10.9. The van der Waals surface area contributed by atoms with E-state index in [0.29, 0.717) is 0 Å². The van der Waals surface area contributed by atoms with Crippen molar-refractivity contribution in [2.24, 2.45) is 0 Å². The van der Waals surface area contributed by atoms with Crippen LogP contribution in [0.15, 0.2) is 0 Å². The number of hydrogen-bond donors (Lipinski definition) is 0. The van der Waals surface area contributed by atoms with Crippen molar-refractivity contribution in [3.8, 4) is 0 Å². The van der Waals surface area contributed by atoms with E-state index in [-0.39, 0.29) is 0 Å². The molecule has 0 amide bonds. The minimum atomic E-state index is -1.47. The number of halogens is 2. The third kappa shape index (κ3) is 4.35. The van der Waals surface area contributed by atoms with Crippen molar-refractivity contribution in [1.29, 1.82) is 0 Å². The van der Waals surface area contributed by atoms with E-state index in [1.54, 1.807) is 0 Å². The van der Waals surface area contributed by atoms with Crippen molar-refractivity contribution in [2.75, 3.05) is 0 Å². The summed E-state index contributed by atoms with van der Waals surface area (Å²) in [6.07, 6.45) is 0. The quantitative estimate of drug-likeness (QED) is 0.402. The second kappa shape index (κ2) is 4.70. The molecule has 0 aromatic heterocycles. The minimum absolute atomic E-state index is 1.06. The standard InChI is InChI=1S/2C2ClO2.Rh/c2*3-2(5)1-4;. The molecule has 0 aliphatic rings. The monoisotopic (exact) mass is 285 g/mol. The van der Waals surface area contributed by atoms with Crippen LogP contribution >= 0.6 is 23.2 Å². The molecule has 0 unspecified atom stereocenters. The van der Waals surface area contributed by atoms with Gasteiger partial charge in [0.25, 0.3) is 0 Å². The molecule has 0 aromatic carbocycles. The van der Waals surface area contributed by atoms with Crippen molar-refractivity contribution in [3.63, 3.8) is 0 Å². The van der Waals surface area contributed by atoms with Gasteiger partial charge in [0.05, 0.1) is 0 Å². The molecule has 11 heavy (non-hydrogen) atoms. The Morgan fingerprint density at radius 2 is 1.09 bits per heavy atom. The molecule has 63 valence electrons. The Hall–Kier alpha value is -0.117. The van der Waals surface area contributed by atoms with Gasteiger partial charge >= 0.3 is 78.7 Å². The summed E-state index contributed by atoms with van der Waals surface area (Å²) in [6.45, 7) is 0. The van der Waals surface area contributed by atoms with Gasteiger partial charge in [-0.2, -0.15) is 0 Å². The van der Waals surface area contributed by atoms with Crippen LogP contribution in [-0.4, -0.2) is 19.2 Å². The van der Waals surface area contributed by atoms with Crippen LogP contribution in [0.1, 0.15) is 0 Å². The summed E-state index contributed by atoms with van der Waals surface area (Å²) < 4.78 is -2.13. The van der Waals surface area contributed by atoms with E-state index >= 15 is 0 Å². The Morgan fingerprint density at radius 3 is 1.27 bits per heavy atom. The zero-order chi connectivity index (χ0) is 9.02. The van der Waals surface area contributed by atoms with Crippen molar-refractivity contribution in [1.82, 2.24) is 0 Å². The van der Waals surface area contributed by atoms with Crippen LogP contribution < -0.4 is 0 Å². The van der Waals surface area contributed by atoms with E-state index < -0.39 is 36.4 Å². The van der Waals surface area contributed by atoms with Gasteiger partial charge in [0.2, 0.25) is 0 Å². The molecule has 0 aliphatic heterocycles. The van der Waals surface area contributed by atoms with Gasteiger partial charge < -0.3 is 0 Å². The number of carbonyl (C=O) groups excluding carboxylic acids is 4. The average molecular weight is 286 g/mol.